The van der Waals surface area contributed by atoms with Crippen LogP contribution in [0.2, 0.25) is 0 Å². The summed E-state index contributed by atoms with van der Waals surface area (Å²) in [6.07, 6.45) is 0. The highest BCUT2D eigenvalue weighted by atomic mass is 19.3. The van der Waals surface area contributed by atoms with Gasteiger partial charge in [0.25, 0.3) is 0 Å². The Kier molecular flexibility index (Phi) is 3.95. The number of ether oxygens (including phenoxy) is 1. The van der Waals surface area contributed by atoms with Gasteiger partial charge in [-0.15, -0.1) is 0 Å². The molecular weight excluding hydrogens is 216 g/mol. The van der Waals surface area contributed by atoms with Gasteiger partial charge in [-0.3, -0.25) is 4.79 Å². The van der Waals surface area contributed by atoms with Crippen molar-refractivity contribution in [3.63, 3.8) is 0 Å². The lowest BCUT2D eigenvalue weighted by Crippen LogP contribution is -2.12. The SMILES string of the molecule is CC(C#N)C(=O)c1ccccc1OC(F)F. The van der Waals surface area contributed by atoms with E-state index in [1.807, 2.05) is 0 Å². The van der Waals surface area contributed by atoms with Crippen LogP contribution in [0, 0.1) is 17.2 Å². The quantitative estimate of drug-likeness (QED) is 0.740. The lowest BCUT2D eigenvalue weighted by atomic mass is 10.00. The van der Waals surface area contributed by atoms with Gasteiger partial charge in [0.15, 0.2) is 5.78 Å². The number of hydrogen-bond acceptors (Lipinski definition) is 3. The highest BCUT2D eigenvalue weighted by Crippen LogP contribution is 2.22. The standard InChI is InChI=1S/C11H9F2NO2/c1-7(6-14)10(15)8-4-2-3-5-9(8)16-11(12)13/h2-5,7,11H,1H3. The van der Waals surface area contributed by atoms with E-state index in [-0.39, 0.29) is 11.3 Å². The van der Waals surface area contributed by atoms with Crippen molar-refractivity contribution in [2.75, 3.05) is 0 Å². The Balaban J connectivity index is 3.04. The first-order valence-corrected chi connectivity index (χ1v) is 4.54. The number of benzene rings is 1. The Hall–Kier alpha value is -1.96. The zero-order valence-corrected chi connectivity index (χ0v) is 8.48. The highest BCUT2D eigenvalue weighted by molar-refractivity contribution is 6.01. The minimum absolute atomic E-state index is 0.00292. The van der Waals surface area contributed by atoms with E-state index in [9.17, 15) is 13.6 Å². The molecule has 0 aromatic heterocycles. The summed E-state index contributed by atoms with van der Waals surface area (Å²) >= 11 is 0. The van der Waals surface area contributed by atoms with Crippen LogP contribution >= 0.6 is 0 Å². The zero-order chi connectivity index (χ0) is 12.1. The first kappa shape index (κ1) is 12.1. The summed E-state index contributed by atoms with van der Waals surface area (Å²) in [4.78, 5) is 11.6. The number of alkyl halides is 2. The second-order valence-corrected chi connectivity index (χ2v) is 3.09. The summed E-state index contributed by atoms with van der Waals surface area (Å²) in [5, 5.41) is 8.58. The maximum atomic E-state index is 12.0. The third-order valence-electron chi connectivity index (χ3n) is 1.96. The largest absolute Gasteiger partial charge is 0.434 e. The lowest BCUT2D eigenvalue weighted by molar-refractivity contribution is -0.0501. The van der Waals surface area contributed by atoms with Crippen molar-refractivity contribution in [1.82, 2.24) is 0 Å². The van der Waals surface area contributed by atoms with E-state index in [4.69, 9.17) is 5.26 Å². The van der Waals surface area contributed by atoms with Crippen LogP contribution < -0.4 is 4.74 Å². The number of ketones is 1. The molecule has 1 unspecified atom stereocenters. The summed E-state index contributed by atoms with van der Waals surface area (Å²) < 4.78 is 28.3. The van der Waals surface area contributed by atoms with Crippen molar-refractivity contribution >= 4 is 5.78 Å². The fraction of sp³-hybridized carbons (Fsp3) is 0.273. The Bertz CT molecular complexity index is 426. The van der Waals surface area contributed by atoms with E-state index in [0.29, 0.717) is 0 Å². The topological polar surface area (TPSA) is 50.1 Å². The van der Waals surface area contributed by atoms with Crippen molar-refractivity contribution < 1.29 is 18.3 Å². The molecule has 16 heavy (non-hydrogen) atoms. The monoisotopic (exact) mass is 225 g/mol. The molecule has 0 fully saturated rings. The van der Waals surface area contributed by atoms with E-state index < -0.39 is 18.3 Å². The predicted octanol–water partition coefficient (Wildman–Crippen LogP) is 2.63. The molecule has 0 aliphatic rings. The summed E-state index contributed by atoms with van der Waals surface area (Å²) in [6.45, 7) is -1.59. The second-order valence-electron chi connectivity index (χ2n) is 3.09. The number of carbonyl (C=O) groups excluding carboxylic acids is 1. The van der Waals surface area contributed by atoms with E-state index in [2.05, 4.69) is 4.74 Å². The van der Waals surface area contributed by atoms with Crippen LogP contribution in [-0.2, 0) is 0 Å². The van der Waals surface area contributed by atoms with Crippen LogP contribution in [0.4, 0.5) is 8.78 Å². The average molecular weight is 225 g/mol. The van der Waals surface area contributed by atoms with Crippen LogP contribution in [0.3, 0.4) is 0 Å². The molecule has 0 saturated heterocycles. The minimum atomic E-state index is -2.99. The van der Waals surface area contributed by atoms with Crippen molar-refractivity contribution in [3.8, 4) is 11.8 Å². The number of Topliss-reactive ketones (excluding diaryl/α,β-unsaturated/α-hetero) is 1. The van der Waals surface area contributed by atoms with Gasteiger partial charge in [-0.2, -0.15) is 14.0 Å². The Morgan fingerprint density at radius 2 is 2.06 bits per heavy atom. The molecule has 0 radical (unpaired) electrons. The van der Waals surface area contributed by atoms with Gasteiger partial charge in [0.1, 0.15) is 11.7 Å². The van der Waals surface area contributed by atoms with Crippen molar-refractivity contribution in [3.05, 3.63) is 29.8 Å². The summed E-state index contributed by atoms with van der Waals surface area (Å²) in [6, 6.07) is 7.37. The van der Waals surface area contributed by atoms with E-state index in [0.717, 1.165) is 0 Å². The number of nitriles is 1. The number of para-hydroxylation sites is 1. The normalized spacial score (nSPS) is 11.9. The van der Waals surface area contributed by atoms with E-state index in [1.165, 1.54) is 31.2 Å². The molecule has 1 aromatic carbocycles. The molecule has 84 valence electrons. The number of nitrogens with zero attached hydrogens (tertiary/aromatic N) is 1. The van der Waals surface area contributed by atoms with Gasteiger partial charge in [-0.1, -0.05) is 12.1 Å². The molecule has 1 aromatic rings. The third kappa shape index (κ3) is 2.76. The molecule has 0 N–H and O–H groups in total. The van der Waals surface area contributed by atoms with Crippen molar-refractivity contribution in [2.24, 2.45) is 5.92 Å². The molecule has 0 aliphatic heterocycles. The van der Waals surface area contributed by atoms with Gasteiger partial charge in [-0.05, 0) is 19.1 Å². The smallest absolute Gasteiger partial charge is 0.387 e. The molecule has 0 heterocycles. The van der Waals surface area contributed by atoms with Gasteiger partial charge in [0.2, 0.25) is 0 Å². The number of halogens is 2. The second kappa shape index (κ2) is 5.21. The number of carbonyl (C=O) groups is 1. The molecular formula is C11H9F2NO2. The predicted molar refractivity (Wildman–Crippen MR) is 52.2 cm³/mol. The highest BCUT2D eigenvalue weighted by Gasteiger charge is 2.19. The molecule has 0 aliphatic carbocycles. The molecule has 1 rings (SSSR count). The Morgan fingerprint density at radius 3 is 2.62 bits per heavy atom. The van der Waals surface area contributed by atoms with Crippen LogP contribution in [0.1, 0.15) is 17.3 Å². The van der Waals surface area contributed by atoms with Gasteiger partial charge >= 0.3 is 6.61 Å². The molecule has 3 nitrogen and oxygen atoms in total. The lowest BCUT2D eigenvalue weighted by Gasteiger charge is -2.10. The maximum absolute atomic E-state index is 12.0. The Morgan fingerprint density at radius 1 is 1.44 bits per heavy atom. The minimum Gasteiger partial charge on any atom is -0.434 e. The molecule has 5 heteroatoms. The summed E-state index contributed by atoms with van der Waals surface area (Å²) in [7, 11) is 0. The fourth-order valence-electron chi connectivity index (χ4n) is 1.16. The third-order valence-corrected chi connectivity index (χ3v) is 1.96. The number of rotatable bonds is 4. The van der Waals surface area contributed by atoms with Crippen LogP contribution in [0.15, 0.2) is 24.3 Å². The number of hydrogen-bond donors (Lipinski definition) is 0. The van der Waals surface area contributed by atoms with Gasteiger partial charge in [0, 0.05) is 0 Å². The van der Waals surface area contributed by atoms with Gasteiger partial charge < -0.3 is 4.74 Å². The molecule has 0 bridgehead atoms. The van der Waals surface area contributed by atoms with Crippen LogP contribution in [-0.4, -0.2) is 12.4 Å². The first-order valence-electron chi connectivity index (χ1n) is 4.54. The molecule has 0 amide bonds. The molecule has 1 atom stereocenters. The average Bonchev–Trinajstić information content (AvgIpc) is 2.27. The van der Waals surface area contributed by atoms with E-state index in [1.54, 1.807) is 6.07 Å². The van der Waals surface area contributed by atoms with Crippen molar-refractivity contribution in [2.45, 2.75) is 13.5 Å². The Labute approximate surface area is 91.3 Å². The van der Waals surface area contributed by atoms with Gasteiger partial charge in [0.05, 0.1) is 11.6 Å². The summed E-state index contributed by atoms with van der Waals surface area (Å²) in [5.74, 6) is -1.62. The fourth-order valence-corrected chi connectivity index (χ4v) is 1.16. The maximum Gasteiger partial charge on any atom is 0.387 e. The van der Waals surface area contributed by atoms with Crippen molar-refractivity contribution in [1.29, 1.82) is 5.26 Å². The molecule has 0 saturated carbocycles. The van der Waals surface area contributed by atoms with Gasteiger partial charge in [-0.25, -0.2) is 0 Å². The van der Waals surface area contributed by atoms with E-state index >= 15 is 0 Å². The van der Waals surface area contributed by atoms with Crippen LogP contribution in [0.25, 0.3) is 0 Å². The first-order chi connectivity index (χ1) is 7.56. The zero-order valence-electron chi connectivity index (χ0n) is 8.48. The molecule has 0 spiro atoms. The van der Waals surface area contributed by atoms with Crippen LogP contribution in [0.5, 0.6) is 5.75 Å². The summed E-state index contributed by atoms with van der Waals surface area (Å²) in [5.41, 5.74) is -0.00292.